The molecule has 0 spiro atoms. The van der Waals surface area contributed by atoms with Gasteiger partial charge in [-0.05, 0) is 43.2 Å². The minimum absolute atomic E-state index is 0.238. The van der Waals surface area contributed by atoms with Crippen molar-refractivity contribution in [3.8, 4) is 0 Å². The minimum atomic E-state index is -0.528. The molecule has 114 valence electrons. The maximum Gasteiger partial charge on any atom is 0.271 e. The number of imide groups is 1. The fourth-order valence-electron chi connectivity index (χ4n) is 4.33. The monoisotopic (exact) mass is 318 g/mol. The van der Waals surface area contributed by atoms with Crippen molar-refractivity contribution >= 4 is 29.3 Å². The van der Waals surface area contributed by atoms with Crippen LogP contribution in [0.1, 0.15) is 29.6 Å². The second-order valence-electron chi connectivity index (χ2n) is 6.32. The smallest absolute Gasteiger partial charge is 0.271 e. The SMILES string of the molecule is O=C(NN1C(=O)[C@@H]2[C@H]3CC[C@@H](C3)[C@H]2C1=O)c1ccccc1Cl. The second kappa shape index (κ2) is 4.81. The van der Waals surface area contributed by atoms with Gasteiger partial charge < -0.3 is 0 Å². The van der Waals surface area contributed by atoms with Gasteiger partial charge in [0.15, 0.2) is 0 Å². The number of halogens is 1. The lowest BCUT2D eigenvalue weighted by Crippen LogP contribution is -2.47. The van der Waals surface area contributed by atoms with Crippen molar-refractivity contribution < 1.29 is 14.4 Å². The summed E-state index contributed by atoms with van der Waals surface area (Å²) in [5, 5.41) is 1.21. The molecule has 2 bridgehead atoms. The van der Waals surface area contributed by atoms with Crippen molar-refractivity contribution in [2.24, 2.45) is 23.7 Å². The summed E-state index contributed by atoms with van der Waals surface area (Å²) in [6, 6.07) is 6.56. The van der Waals surface area contributed by atoms with Gasteiger partial charge in [-0.3, -0.25) is 19.8 Å². The van der Waals surface area contributed by atoms with Crippen LogP contribution in [0.2, 0.25) is 5.02 Å². The van der Waals surface area contributed by atoms with Gasteiger partial charge in [0, 0.05) is 0 Å². The predicted octanol–water partition coefficient (Wildman–Crippen LogP) is 2.02. The van der Waals surface area contributed by atoms with Gasteiger partial charge in [0.2, 0.25) is 0 Å². The van der Waals surface area contributed by atoms with Gasteiger partial charge in [-0.2, -0.15) is 5.01 Å². The first-order valence-corrected chi connectivity index (χ1v) is 7.89. The number of hydrazine groups is 1. The number of nitrogens with zero attached hydrogens (tertiary/aromatic N) is 1. The highest BCUT2D eigenvalue weighted by Gasteiger charge is 2.61. The molecule has 0 radical (unpaired) electrons. The van der Waals surface area contributed by atoms with Crippen LogP contribution < -0.4 is 5.43 Å². The average molecular weight is 319 g/mol. The molecule has 0 aromatic heterocycles. The summed E-state index contributed by atoms with van der Waals surface area (Å²) >= 11 is 5.98. The second-order valence-corrected chi connectivity index (χ2v) is 6.72. The van der Waals surface area contributed by atoms with Crippen LogP contribution in [0.25, 0.3) is 0 Å². The van der Waals surface area contributed by atoms with Crippen LogP contribution in [-0.4, -0.2) is 22.7 Å². The van der Waals surface area contributed by atoms with E-state index < -0.39 is 5.91 Å². The number of carbonyl (C=O) groups excluding carboxylic acids is 3. The van der Waals surface area contributed by atoms with Crippen molar-refractivity contribution in [3.63, 3.8) is 0 Å². The van der Waals surface area contributed by atoms with Crippen molar-refractivity contribution in [3.05, 3.63) is 34.9 Å². The molecular weight excluding hydrogens is 304 g/mol. The summed E-state index contributed by atoms with van der Waals surface area (Å²) in [6.45, 7) is 0. The summed E-state index contributed by atoms with van der Waals surface area (Å²) in [5.74, 6) is -0.928. The molecule has 3 fully saturated rings. The summed E-state index contributed by atoms with van der Waals surface area (Å²) in [4.78, 5) is 37.3. The predicted molar refractivity (Wildman–Crippen MR) is 78.6 cm³/mol. The molecule has 5 nitrogen and oxygen atoms in total. The van der Waals surface area contributed by atoms with Crippen LogP contribution in [0.5, 0.6) is 0 Å². The summed E-state index contributed by atoms with van der Waals surface area (Å²) in [7, 11) is 0. The van der Waals surface area contributed by atoms with Gasteiger partial charge in [0.25, 0.3) is 17.7 Å². The highest BCUT2D eigenvalue weighted by atomic mass is 35.5. The molecule has 0 unspecified atom stereocenters. The lowest BCUT2D eigenvalue weighted by molar-refractivity contribution is -0.143. The number of rotatable bonds is 2. The minimum Gasteiger partial charge on any atom is -0.272 e. The van der Waals surface area contributed by atoms with E-state index in [0.29, 0.717) is 16.9 Å². The molecule has 1 aliphatic heterocycles. The van der Waals surface area contributed by atoms with Crippen LogP contribution in [0.4, 0.5) is 0 Å². The van der Waals surface area contributed by atoms with Crippen LogP contribution in [0.15, 0.2) is 24.3 Å². The maximum absolute atomic E-state index is 12.5. The van der Waals surface area contributed by atoms with Crippen molar-refractivity contribution in [1.82, 2.24) is 10.4 Å². The number of carbonyl (C=O) groups is 3. The van der Waals surface area contributed by atoms with Crippen LogP contribution in [-0.2, 0) is 9.59 Å². The van der Waals surface area contributed by atoms with E-state index in [1.54, 1.807) is 24.3 Å². The average Bonchev–Trinajstić information content (AvgIpc) is 3.17. The van der Waals surface area contributed by atoms with Gasteiger partial charge in [0.05, 0.1) is 22.4 Å². The molecule has 6 heteroatoms. The summed E-state index contributed by atoms with van der Waals surface area (Å²) in [6.07, 6.45) is 2.99. The van der Waals surface area contributed by atoms with E-state index in [1.165, 1.54) is 0 Å². The number of nitrogens with one attached hydrogen (secondary N) is 1. The molecule has 22 heavy (non-hydrogen) atoms. The lowest BCUT2D eigenvalue weighted by atomic mass is 9.81. The Bertz CT molecular complexity index is 662. The molecule has 1 aromatic rings. The van der Waals surface area contributed by atoms with Gasteiger partial charge in [-0.15, -0.1) is 0 Å². The molecule has 2 aliphatic carbocycles. The number of hydrogen-bond donors (Lipinski definition) is 1. The molecule has 1 saturated heterocycles. The molecule has 1 heterocycles. The van der Waals surface area contributed by atoms with Gasteiger partial charge in [-0.1, -0.05) is 23.7 Å². The van der Waals surface area contributed by atoms with Gasteiger partial charge >= 0.3 is 0 Å². The summed E-state index contributed by atoms with van der Waals surface area (Å²) in [5.41, 5.74) is 2.70. The van der Waals surface area contributed by atoms with E-state index in [9.17, 15) is 14.4 Å². The van der Waals surface area contributed by atoms with E-state index in [-0.39, 0.29) is 29.2 Å². The first-order chi connectivity index (χ1) is 10.6. The van der Waals surface area contributed by atoms with E-state index >= 15 is 0 Å². The zero-order valence-electron chi connectivity index (χ0n) is 11.8. The molecular formula is C16H15ClN2O3. The Hall–Kier alpha value is -1.88. The normalized spacial score (nSPS) is 32.5. The molecule has 1 N–H and O–H groups in total. The Labute approximate surface area is 132 Å². The first kappa shape index (κ1) is 13.8. The molecule has 4 atom stereocenters. The van der Waals surface area contributed by atoms with E-state index in [1.807, 2.05) is 0 Å². The number of amides is 3. The van der Waals surface area contributed by atoms with E-state index in [2.05, 4.69) is 5.43 Å². The molecule has 3 aliphatic rings. The van der Waals surface area contributed by atoms with Crippen LogP contribution in [0, 0.1) is 23.7 Å². The standard InChI is InChI=1S/C16H15ClN2O3/c17-11-4-2-1-3-10(11)14(20)18-19-15(21)12-8-5-6-9(7-8)13(12)16(19)22/h1-4,8-9,12-13H,5-7H2,(H,18,20)/t8-,9-,12+,13+/m0/s1. The Morgan fingerprint density at radius 1 is 1.09 bits per heavy atom. The third-order valence-corrected chi connectivity index (χ3v) is 5.59. The van der Waals surface area contributed by atoms with E-state index in [4.69, 9.17) is 11.6 Å². The van der Waals surface area contributed by atoms with Crippen LogP contribution in [0.3, 0.4) is 0 Å². The Kier molecular flexibility index (Phi) is 3.01. The number of benzene rings is 1. The molecule has 2 saturated carbocycles. The molecule has 4 rings (SSSR count). The van der Waals surface area contributed by atoms with Gasteiger partial charge in [0.1, 0.15) is 0 Å². The fraction of sp³-hybridized carbons (Fsp3) is 0.438. The Balaban J connectivity index is 1.57. The van der Waals surface area contributed by atoms with E-state index in [0.717, 1.165) is 24.3 Å². The highest BCUT2D eigenvalue weighted by Crippen LogP contribution is 2.55. The topological polar surface area (TPSA) is 66.5 Å². The Morgan fingerprint density at radius 3 is 2.27 bits per heavy atom. The molecule has 3 amide bonds. The Morgan fingerprint density at radius 2 is 1.68 bits per heavy atom. The largest absolute Gasteiger partial charge is 0.272 e. The third kappa shape index (κ3) is 1.81. The quantitative estimate of drug-likeness (QED) is 0.848. The van der Waals surface area contributed by atoms with Crippen molar-refractivity contribution in [2.75, 3.05) is 0 Å². The van der Waals surface area contributed by atoms with Crippen molar-refractivity contribution in [2.45, 2.75) is 19.3 Å². The molecule has 1 aromatic carbocycles. The highest BCUT2D eigenvalue weighted by molar-refractivity contribution is 6.33. The zero-order valence-corrected chi connectivity index (χ0v) is 12.5. The van der Waals surface area contributed by atoms with Crippen LogP contribution >= 0.6 is 11.6 Å². The fourth-order valence-corrected chi connectivity index (χ4v) is 4.55. The first-order valence-electron chi connectivity index (χ1n) is 7.51. The zero-order chi connectivity index (χ0) is 15.4. The number of fused-ring (bicyclic) bond motifs is 5. The number of hydrogen-bond acceptors (Lipinski definition) is 3. The van der Waals surface area contributed by atoms with Gasteiger partial charge in [-0.25, -0.2) is 0 Å². The third-order valence-electron chi connectivity index (χ3n) is 5.26. The summed E-state index contributed by atoms with van der Waals surface area (Å²) < 4.78 is 0. The lowest BCUT2D eigenvalue weighted by Gasteiger charge is -2.19. The van der Waals surface area contributed by atoms with Crippen molar-refractivity contribution in [1.29, 1.82) is 0 Å². The maximum atomic E-state index is 12.5.